The summed E-state index contributed by atoms with van der Waals surface area (Å²) in [6, 6.07) is 0. The maximum Gasteiger partial charge on any atom is 0.172 e. The molecule has 0 saturated heterocycles. The molecule has 4 heteroatoms. The predicted octanol–water partition coefficient (Wildman–Crippen LogP) is 4.66. The number of thiophene rings is 1. The van der Waals surface area contributed by atoms with Crippen molar-refractivity contribution in [2.24, 2.45) is 0 Å². The molecule has 1 aromatic rings. The minimum Gasteiger partial charge on any atom is -0.485 e. The molecule has 1 unspecified atom stereocenters. The van der Waals surface area contributed by atoms with E-state index in [-0.39, 0.29) is 6.10 Å². The molecule has 114 valence electrons. The van der Waals surface area contributed by atoms with Gasteiger partial charge in [-0.05, 0) is 6.42 Å². The SMILES string of the molecule is CCCCCCCCCOCC1COc2cscc2O1. The van der Waals surface area contributed by atoms with Gasteiger partial charge in [0.05, 0.1) is 6.61 Å². The molecule has 0 radical (unpaired) electrons. The Bertz CT molecular complexity index is 364. The molecular weight excluding hydrogens is 272 g/mol. The molecule has 2 heterocycles. The highest BCUT2D eigenvalue weighted by atomic mass is 32.1. The second-order valence-corrected chi connectivity index (χ2v) is 6.09. The summed E-state index contributed by atoms with van der Waals surface area (Å²) in [4.78, 5) is 0. The third kappa shape index (κ3) is 5.33. The number of ether oxygens (including phenoxy) is 3. The summed E-state index contributed by atoms with van der Waals surface area (Å²) in [5.74, 6) is 1.74. The second-order valence-electron chi connectivity index (χ2n) is 5.35. The van der Waals surface area contributed by atoms with Gasteiger partial charge in [-0.15, -0.1) is 11.3 Å². The molecule has 1 aliphatic heterocycles. The van der Waals surface area contributed by atoms with E-state index in [4.69, 9.17) is 14.2 Å². The maximum absolute atomic E-state index is 5.80. The van der Waals surface area contributed by atoms with E-state index in [0.717, 1.165) is 24.5 Å². The van der Waals surface area contributed by atoms with Gasteiger partial charge in [-0.3, -0.25) is 0 Å². The quantitative estimate of drug-likeness (QED) is 0.588. The summed E-state index contributed by atoms with van der Waals surface area (Å²) in [5.41, 5.74) is 0. The average Bonchev–Trinajstić information content (AvgIpc) is 2.93. The Labute approximate surface area is 126 Å². The first-order chi connectivity index (χ1) is 9.90. The lowest BCUT2D eigenvalue weighted by molar-refractivity contribution is 0.00842. The van der Waals surface area contributed by atoms with E-state index in [1.54, 1.807) is 11.3 Å². The Kier molecular flexibility index (Phi) is 7.23. The first-order valence-corrected chi connectivity index (χ1v) is 8.78. The second kappa shape index (κ2) is 9.24. The van der Waals surface area contributed by atoms with E-state index in [1.807, 2.05) is 10.8 Å². The van der Waals surface area contributed by atoms with Crippen LogP contribution < -0.4 is 9.47 Å². The molecule has 3 nitrogen and oxygen atoms in total. The van der Waals surface area contributed by atoms with Crippen molar-refractivity contribution in [3.05, 3.63) is 10.8 Å². The van der Waals surface area contributed by atoms with Crippen molar-refractivity contribution in [1.82, 2.24) is 0 Å². The van der Waals surface area contributed by atoms with Gasteiger partial charge in [0.15, 0.2) is 17.6 Å². The van der Waals surface area contributed by atoms with Gasteiger partial charge >= 0.3 is 0 Å². The van der Waals surface area contributed by atoms with E-state index in [2.05, 4.69) is 6.92 Å². The predicted molar refractivity (Wildman–Crippen MR) is 83.0 cm³/mol. The van der Waals surface area contributed by atoms with Gasteiger partial charge in [-0.25, -0.2) is 0 Å². The van der Waals surface area contributed by atoms with Crippen molar-refractivity contribution in [1.29, 1.82) is 0 Å². The summed E-state index contributed by atoms with van der Waals surface area (Å²) in [7, 11) is 0. The lowest BCUT2D eigenvalue weighted by atomic mass is 10.1. The van der Waals surface area contributed by atoms with Crippen LogP contribution in [0.5, 0.6) is 11.5 Å². The van der Waals surface area contributed by atoms with Crippen LogP contribution in [0.1, 0.15) is 51.9 Å². The number of rotatable bonds is 10. The van der Waals surface area contributed by atoms with Gasteiger partial charge < -0.3 is 14.2 Å². The van der Waals surface area contributed by atoms with Crippen molar-refractivity contribution in [2.45, 2.75) is 58.0 Å². The molecule has 1 aromatic heterocycles. The topological polar surface area (TPSA) is 27.7 Å². The molecule has 2 rings (SSSR count). The summed E-state index contributed by atoms with van der Waals surface area (Å²) in [5, 5.41) is 3.96. The van der Waals surface area contributed by atoms with Crippen LogP contribution in [0, 0.1) is 0 Å². The third-order valence-electron chi connectivity index (χ3n) is 3.51. The summed E-state index contributed by atoms with van der Waals surface area (Å²) in [6.45, 7) is 4.32. The van der Waals surface area contributed by atoms with Crippen LogP contribution in [-0.2, 0) is 4.74 Å². The number of hydrogen-bond donors (Lipinski definition) is 0. The van der Waals surface area contributed by atoms with E-state index in [1.165, 1.54) is 38.5 Å². The standard InChI is InChI=1S/C16H26O3S/c1-2-3-4-5-6-7-8-9-17-10-14-11-18-15-12-20-13-16(15)19-14/h12-14H,2-11H2,1H3. The van der Waals surface area contributed by atoms with Gasteiger partial charge in [0, 0.05) is 17.4 Å². The molecule has 20 heavy (non-hydrogen) atoms. The number of hydrogen-bond acceptors (Lipinski definition) is 4. The fourth-order valence-corrected chi connectivity index (χ4v) is 2.99. The Hall–Kier alpha value is -0.740. The molecule has 0 spiro atoms. The first-order valence-electron chi connectivity index (χ1n) is 7.83. The molecule has 0 saturated carbocycles. The van der Waals surface area contributed by atoms with Crippen LogP contribution in [0.15, 0.2) is 10.8 Å². The third-order valence-corrected chi connectivity index (χ3v) is 4.21. The molecule has 0 aliphatic carbocycles. The summed E-state index contributed by atoms with van der Waals surface area (Å²) >= 11 is 1.61. The minimum absolute atomic E-state index is 0.0432. The molecule has 0 N–H and O–H groups in total. The smallest absolute Gasteiger partial charge is 0.172 e. The molecule has 0 fully saturated rings. The fraction of sp³-hybridized carbons (Fsp3) is 0.750. The van der Waals surface area contributed by atoms with E-state index in [9.17, 15) is 0 Å². The average molecular weight is 298 g/mol. The largest absolute Gasteiger partial charge is 0.485 e. The van der Waals surface area contributed by atoms with Gasteiger partial charge in [0.2, 0.25) is 0 Å². The zero-order valence-electron chi connectivity index (χ0n) is 12.4. The first kappa shape index (κ1) is 15.6. The number of fused-ring (bicyclic) bond motifs is 1. The lowest BCUT2D eigenvalue weighted by Crippen LogP contribution is -2.33. The van der Waals surface area contributed by atoms with Crippen molar-refractivity contribution in [3.63, 3.8) is 0 Å². The van der Waals surface area contributed by atoms with Crippen LogP contribution in [0.25, 0.3) is 0 Å². The highest BCUT2D eigenvalue weighted by Gasteiger charge is 2.21. The van der Waals surface area contributed by atoms with Crippen LogP contribution in [-0.4, -0.2) is 25.9 Å². The van der Waals surface area contributed by atoms with Gasteiger partial charge in [-0.1, -0.05) is 45.4 Å². The highest BCUT2D eigenvalue weighted by molar-refractivity contribution is 7.08. The zero-order chi connectivity index (χ0) is 14.0. The Morgan fingerprint density at radius 1 is 1.10 bits per heavy atom. The van der Waals surface area contributed by atoms with Crippen molar-refractivity contribution < 1.29 is 14.2 Å². The van der Waals surface area contributed by atoms with Gasteiger partial charge in [-0.2, -0.15) is 0 Å². The minimum atomic E-state index is 0.0432. The molecule has 1 aliphatic rings. The fourth-order valence-electron chi connectivity index (χ4n) is 2.32. The van der Waals surface area contributed by atoms with Crippen molar-refractivity contribution >= 4 is 11.3 Å². The van der Waals surface area contributed by atoms with Crippen LogP contribution in [0.2, 0.25) is 0 Å². The van der Waals surface area contributed by atoms with E-state index in [0.29, 0.717) is 13.2 Å². The number of unbranched alkanes of at least 4 members (excludes halogenated alkanes) is 6. The Balaban J connectivity index is 1.44. The summed E-state index contributed by atoms with van der Waals surface area (Å²) < 4.78 is 17.1. The van der Waals surface area contributed by atoms with Gasteiger partial charge in [0.25, 0.3) is 0 Å². The van der Waals surface area contributed by atoms with E-state index >= 15 is 0 Å². The molecule has 0 aromatic carbocycles. The van der Waals surface area contributed by atoms with Gasteiger partial charge in [0.1, 0.15) is 6.61 Å². The Morgan fingerprint density at radius 2 is 1.85 bits per heavy atom. The normalized spacial score (nSPS) is 17.4. The zero-order valence-corrected chi connectivity index (χ0v) is 13.3. The molecular formula is C16H26O3S. The molecule has 0 amide bonds. The molecule has 0 bridgehead atoms. The van der Waals surface area contributed by atoms with Crippen molar-refractivity contribution in [3.8, 4) is 11.5 Å². The molecule has 1 atom stereocenters. The maximum atomic E-state index is 5.80. The highest BCUT2D eigenvalue weighted by Crippen LogP contribution is 2.35. The van der Waals surface area contributed by atoms with Crippen molar-refractivity contribution in [2.75, 3.05) is 19.8 Å². The monoisotopic (exact) mass is 298 g/mol. The summed E-state index contributed by atoms with van der Waals surface area (Å²) in [6.07, 6.45) is 9.26. The van der Waals surface area contributed by atoms with E-state index < -0.39 is 0 Å². The Morgan fingerprint density at radius 3 is 2.70 bits per heavy atom. The van der Waals surface area contributed by atoms with Crippen LogP contribution >= 0.6 is 11.3 Å². The van der Waals surface area contributed by atoms with Crippen LogP contribution in [0.4, 0.5) is 0 Å². The lowest BCUT2D eigenvalue weighted by Gasteiger charge is -2.24. The van der Waals surface area contributed by atoms with Crippen LogP contribution in [0.3, 0.4) is 0 Å².